The third-order valence-electron chi connectivity index (χ3n) is 4.69. The first-order valence-corrected chi connectivity index (χ1v) is 9.63. The Labute approximate surface area is 156 Å². The fraction of sp³-hybridized carbons (Fsp3) is 0.368. The van der Waals surface area contributed by atoms with Crippen molar-refractivity contribution in [3.8, 4) is 5.75 Å². The van der Waals surface area contributed by atoms with Crippen molar-refractivity contribution in [2.75, 3.05) is 38.2 Å². The standard InChI is InChI=1S/C19H22N4O2S/c1-25-17-12-20-14(11-16(17)24)13-22-7-4-8-23(10-9-22)19-21-15-5-2-3-6-18(15)26-19/h2-3,5-6,11-12H,4,7-10,13H2,1H3,(H,20,24). The first-order chi connectivity index (χ1) is 12.7. The molecule has 1 aromatic carbocycles. The molecule has 7 heteroatoms. The van der Waals surface area contributed by atoms with Gasteiger partial charge in [-0.25, -0.2) is 4.98 Å². The highest BCUT2D eigenvalue weighted by atomic mass is 32.1. The summed E-state index contributed by atoms with van der Waals surface area (Å²) in [4.78, 5) is 24.6. The van der Waals surface area contributed by atoms with E-state index in [4.69, 9.17) is 9.72 Å². The van der Waals surface area contributed by atoms with Crippen LogP contribution in [0.3, 0.4) is 0 Å². The lowest BCUT2D eigenvalue weighted by Crippen LogP contribution is -2.30. The van der Waals surface area contributed by atoms with Gasteiger partial charge in [0.2, 0.25) is 5.43 Å². The summed E-state index contributed by atoms with van der Waals surface area (Å²) in [6.07, 6.45) is 2.72. The van der Waals surface area contributed by atoms with E-state index in [0.29, 0.717) is 5.75 Å². The minimum absolute atomic E-state index is 0.0767. The summed E-state index contributed by atoms with van der Waals surface area (Å²) in [7, 11) is 1.51. The summed E-state index contributed by atoms with van der Waals surface area (Å²) in [6, 6.07) is 9.92. The van der Waals surface area contributed by atoms with Crippen LogP contribution in [0.4, 0.5) is 5.13 Å². The number of H-pyrrole nitrogens is 1. The van der Waals surface area contributed by atoms with Gasteiger partial charge in [-0.3, -0.25) is 9.69 Å². The SMILES string of the molecule is COc1c[nH]c(CN2CCCN(c3nc4ccccc4s3)CC2)cc1=O. The Morgan fingerprint density at radius 3 is 2.92 bits per heavy atom. The lowest BCUT2D eigenvalue weighted by molar-refractivity contribution is 0.281. The van der Waals surface area contributed by atoms with Gasteiger partial charge < -0.3 is 14.6 Å². The van der Waals surface area contributed by atoms with Crippen LogP contribution < -0.4 is 15.1 Å². The maximum Gasteiger partial charge on any atom is 0.223 e. The molecule has 2 aromatic heterocycles. The predicted octanol–water partition coefficient (Wildman–Crippen LogP) is 2.71. The molecule has 1 aliphatic heterocycles. The molecule has 1 aliphatic rings. The number of methoxy groups -OCH3 is 1. The van der Waals surface area contributed by atoms with Gasteiger partial charge in [-0.15, -0.1) is 0 Å². The average molecular weight is 370 g/mol. The number of rotatable bonds is 4. The van der Waals surface area contributed by atoms with Gasteiger partial charge in [-0.1, -0.05) is 23.5 Å². The zero-order valence-electron chi connectivity index (χ0n) is 14.8. The molecule has 4 rings (SSSR count). The Morgan fingerprint density at radius 2 is 2.12 bits per heavy atom. The average Bonchev–Trinajstić information content (AvgIpc) is 2.95. The Balaban J connectivity index is 1.43. The fourth-order valence-electron chi connectivity index (χ4n) is 3.31. The van der Waals surface area contributed by atoms with E-state index in [1.807, 2.05) is 6.07 Å². The van der Waals surface area contributed by atoms with Crippen molar-refractivity contribution in [2.24, 2.45) is 0 Å². The van der Waals surface area contributed by atoms with Crippen molar-refractivity contribution in [1.82, 2.24) is 14.9 Å². The van der Waals surface area contributed by atoms with Crippen LogP contribution in [0.5, 0.6) is 5.75 Å². The number of benzene rings is 1. The predicted molar refractivity (Wildman–Crippen MR) is 105 cm³/mol. The van der Waals surface area contributed by atoms with Gasteiger partial charge in [0, 0.05) is 50.7 Å². The molecular weight excluding hydrogens is 348 g/mol. The molecule has 1 fully saturated rings. The second-order valence-corrected chi connectivity index (χ2v) is 7.48. The minimum Gasteiger partial charge on any atom is -0.491 e. The van der Waals surface area contributed by atoms with Gasteiger partial charge in [0.25, 0.3) is 0 Å². The van der Waals surface area contributed by atoms with Crippen molar-refractivity contribution >= 4 is 26.7 Å². The van der Waals surface area contributed by atoms with Gasteiger partial charge in [-0.2, -0.15) is 0 Å². The quantitative estimate of drug-likeness (QED) is 0.765. The van der Waals surface area contributed by atoms with Crippen molar-refractivity contribution in [1.29, 1.82) is 0 Å². The molecule has 136 valence electrons. The number of nitrogens with one attached hydrogen (secondary N) is 1. The number of aromatic nitrogens is 2. The number of hydrogen-bond acceptors (Lipinski definition) is 6. The summed E-state index contributed by atoms with van der Waals surface area (Å²) in [6.45, 7) is 4.65. The van der Waals surface area contributed by atoms with E-state index in [9.17, 15) is 4.79 Å². The molecule has 0 spiro atoms. The molecule has 1 saturated heterocycles. The van der Waals surface area contributed by atoms with Gasteiger partial charge in [0.15, 0.2) is 10.9 Å². The van der Waals surface area contributed by atoms with Crippen LogP contribution in [0.25, 0.3) is 10.2 Å². The summed E-state index contributed by atoms with van der Waals surface area (Å²) in [5.74, 6) is 0.353. The Hall–Kier alpha value is -2.38. The summed E-state index contributed by atoms with van der Waals surface area (Å²) < 4.78 is 6.26. The van der Waals surface area contributed by atoms with Crippen LogP contribution in [0, 0.1) is 0 Å². The molecule has 0 unspecified atom stereocenters. The van der Waals surface area contributed by atoms with Crippen LogP contribution >= 0.6 is 11.3 Å². The molecule has 1 N–H and O–H groups in total. The molecule has 0 aliphatic carbocycles. The topological polar surface area (TPSA) is 61.5 Å². The number of fused-ring (bicyclic) bond motifs is 1. The van der Waals surface area contributed by atoms with E-state index in [-0.39, 0.29) is 5.43 Å². The molecule has 0 amide bonds. The van der Waals surface area contributed by atoms with Crippen molar-refractivity contribution in [2.45, 2.75) is 13.0 Å². The monoisotopic (exact) mass is 370 g/mol. The second kappa shape index (κ2) is 7.47. The Kier molecular flexibility index (Phi) is 4.90. The van der Waals surface area contributed by atoms with Gasteiger partial charge >= 0.3 is 0 Å². The Bertz CT molecular complexity index is 919. The van der Waals surface area contributed by atoms with Crippen LogP contribution in [0.15, 0.2) is 41.3 Å². The number of ether oxygens (including phenoxy) is 1. The maximum absolute atomic E-state index is 11.9. The third-order valence-corrected chi connectivity index (χ3v) is 5.79. The minimum atomic E-state index is -0.0767. The smallest absolute Gasteiger partial charge is 0.223 e. The lowest BCUT2D eigenvalue weighted by atomic mass is 10.3. The van der Waals surface area contributed by atoms with Crippen molar-refractivity contribution in [3.63, 3.8) is 0 Å². The molecule has 0 atom stereocenters. The molecule has 3 heterocycles. The summed E-state index contributed by atoms with van der Waals surface area (Å²) in [5, 5.41) is 1.10. The van der Waals surface area contributed by atoms with Gasteiger partial charge in [-0.05, 0) is 18.6 Å². The highest BCUT2D eigenvalue weighted by Crippen LogP contribution is 2.29. The zero-order valence-corrected chi connectivity index (χ0v) is 15.6. The molecule has 0 bridgehead atoms. The zero-order chi connectivity index (χ0) is 17.9. The lowest BCUT2D eigenvalue weighted by Gasteiger charge is -2.21. The van der Waals surface area contributed by atoms with Crippen molar-refractivity contribution < 1.29 is 4.74 Å². The van der Waals surface area contributed by atoms with Crippen LogP contribution in [-0.2, 0) is 6.54 Å². The fourth-order valence-corrected chi connectivity index (χ4v) is 4.32. The van der Waals surface area contributed by atoms with Crippen LogP contribution in [0.2, 0.25) is 0 Å². The molecule has 26 heavy (non-hydrogen) atoms. The summed E-state index contributed by atoms with van der Waals surface area (Å²) >= 11 is 1.76. The number of anilines is 1. The molecule has 3 aromatic rings. The Morgan fingerprint density at radius 1 is 1.23 bits per heavy atom. The number of thiazole rings is 1. The summed E-state index contributed by atoms with van der Waals surface area (Å²) in [5.41, 5.74) is 1.92. The van der Waals surface area contributed by atoms with Crippen molar-refractivity contribution in [3.05, 3.63) is 52.4 Å². The second-order valence-electron chi connectivity index (χ2n) is 6.47. The number of hydrogen-bond donors (Lipinski definition) is 1. The van der Waals surface area contributed by atoms with Crippen LogP contribution in [0.1, 0.15) is 12.1 Å². The first kappa shape index (κ1) is 17.1. The molecular formula is C19H22N4O2S. The highest BCUT2D eigenvalue weighted by molar-refractivity contribution is 7.22. The third kappa shape index (κ3) is 3.59. The van der Waals surface area contributed by atoms with Gasteiger partial charge in [0.05, 0.1) is 17.3 Å². The molecule has 0 radical (unpaired) electrons. The van der Waals surface area contributed by atoms with E-state index in [2.05, 4.69) is 33.0 Å². The first-order valence-electron chi connectivity index (χ1n) is 8.81. The van der Waals surface area contributed by atoms with E-state index in [1.165, 1.54) is 11.8 Å². The number of nitrogens with zero attached hydrogens (tertiary/aromatic N) is 3. The number of aromatic amines is 1. The highest BCUT2D eigenvalue weighted by Gasteiger charge is 2.18. The number of para-hydroxylation sites is 1. The van der Waals surface area contributed by atoms with Crippen LogP contribution in [-0.4, -0.2) is 48.2 Å². The normalized spacial score (nSPS) is 16.0. The van der Waals surface area contributed by atoms with Gasteiger partial charge in [0.1, 0.15) is 0 Å². The number of pyridine rings is 1. The molecule has 6 nitrogen and oxygen atoms in total. The van der Waals surface area contributed by atoms with E-state index in [0.717, 1.165) is 55.5 Å². The van der Waals surface area contributed by atoms with E-state index < -0.39 is 0 Å². The molecule has 0 saturated carbocycles. The maximum atomic E-state index is 11.9. The van der Waals surface area contributed by atoms with E-state index in [1.54, 1.807) is 23.6 Å². The van der Waals surface area contributed by atoms with E-state index >= 15 is 0 Å². The largest absolute Gasteiger partial charge is 0.491 e.